The molecule has 0 unspecified atom stereocenters. The van der Waals surface area contributed by atoms with Gasteiger partial charge in [-0.25, -0.2) is 4.39 Å². The fourth-order valence-electron chi connectivity index (χ4n) is 2.33. The van der Waals surface area contributed by atoms with Crippen LogP contribution in [0.15, 0.2) is 42.5 Å². The SMILES string of the molecule is O=C(Cc1ccccc1F)Nc1ccc2c(c1)CC(=O)N2. The Bertz CT molecular complexity index is 728. The van der Waals surface area contributed by atoms with Crippen molar-refractivity contribution in [3.8, 4) is 0 Å². The van der Waals surface area contributed by atoms with Crippen LogP contribution in [0.5, 0.6) is 0 Å². The van der Waals surface area contributed by atoms with Crippen molar-refractivity contribution in [2.45, 2.75) is 12.8 Å². The molecule has 0 bridgehead atoms. The van der Waals surface area contributed by atoms with E-state index in [0.29, 0.717) is 17.7 Å². The number of benzene rings is 2. The summed E-state index contributed by atoms with van der Waals surface area (Å²) in [7, 11) is 0. The van der Waals surface area contributed by atoms with E-state index in [0.717, 1.165) is 11.3 Å². The van der Waals surface area contributed by atoms with Crippen LogP contribution in [0, 0.1) is 5.82 Å². The van der Waals surface area contributed by atoms with E-state index in [-0.39, 0.29) is 18.2 Å². The third-order valence-corrected chi connectivity index (χ3v) is 3.32. The molecular weight excluding hydrogens is 271 g/mol. The number of rotatable bonds is 3. The minimum Gasteiger partial charge on any atom is -0.326 e. The summed E-state index contributed by atoms with van der Waals surface area (Å²) in [5.41, 5.74) is 2.58. The van der Waals surface area contributed by atoms with Crippen molar-refractivity contribution in [3.05, 3.63) is 59.4 Å². The van der Waals surface area contributed by atoms with Crippen LogP contribution in [0.25, 0.3) is 0 Å². The number of nitrogens with one attached hydrogen (secondary N) is 2. The Morgan fingerprint density at radius 2 is 2.05 bits per heavy atom. The van der Waals surface area contributed by atoms with E-state index in [1.165, 1.54) is 6.07 Å². The van der Waals surface area contributed by atoms with Crippen LogP contribution in [0.1, 0.15) is 11.1 Å². The summed E-state index contributed by atoms with van der Waals surface area (Å²) in [4.78, 5) is 23.2. The summed E-state index contributed by atoms with van der Waals surface area (Å²) in [5.74, 6) is -0.742. The monoisotopic (exact) mass is 284 g/mol. The Morgan fingerprint density at radius 3 is 2.86 bits per heavy atom. The van der Waals surface area contributed by atoms with Crippen LogP contribution in [-0.2, 0) is 22.4 Å². The molecule has 2 aromatic carbocycles. The minimum atomic E-state index is -0.392. The maximum atomic E-state index is 13.5. The minimum absolute atomic E-state index is 0.0268. The summed E-state index contributed by atoms with van der Waals surface area (Å²) in [6, 6.07) is 11.4. The van der Waals surface area contributed by atoms with Crippen LogP contribution < -0.4 is 10.6 Å². The van der Waals surface area contributed by atoms with E-state index in [2.05, 4.69) is 10.6 Å². The number of hydrogen-bond donors (Lipinski definition) is 2. The van der Waals surface area contributed by atoms with E-state index < -0.39 is 5.82 Å². The van der Waals surface area contributed by atoms with Crippen molar-refractivity contribution in [1.29, 1.82) is 0 Å². The highest BCUT2D eigenvalue weighted by atomic mass is 19.1. The standard InChI is InChI=1S/C16H13FN2O2/c17-13-4-2-1-3-10(13)8-15(20)18-12-5-6-14-11(7-12)9-16(21)19-14/h1-7H,8-9H2,(H,18,20)(H,19,21). The molecule has 0 spiro atoms. The molecule has 0 aliphatic carbocycles. The van der Waals surface area contributed by atoms with Crippen molar-refractivity contribution in [2.24, 2.45) is 0 Å². The number of carbonyl (C=O) groups excluding carboxylic acids is 2. The highest BCUT2D eigenvalue weighted by Crippen LogP contribution is 2.26. The molecule has 1 heterocycles. The van der Waals surface area contributed by atoms with Gasteiger partial charge in [0.15, 0.2) is 0 Å². The van der Waals surface area contributed by atoms with E-state index in [1.54, 1.807) is 36.4 Å². The summed E-state index contributed by atoms with van der Waals surface area (Å²) in [6.45, 7) is 0. The molecule has 2 N–H and O–H groups in total. The Balaban J connectivity index is 1.70. The molecule has 2 aromatic rings. The molecule has 5 heteroatoms. The van der Waals surface area contributed by atoms with Gasteiger partial charge in [-0.2, -0.15) is 0 Å². The zero-order valence-electron chi connectivity index (χ0n) is 11.2. The second-order valence-corrected chi connectivity index (χ2v) is 4.91. The first-order chi connectivity index (χ1) is 10.1. The van der Waals surface area contributed by atoms with Crippen LogP contribution in [0.3, 0.4) is 0 Å². The molecule has 3 rings (SSSR count). The molecule has 1 aliphatic rings. The summed E-state index contributed by atoms with van der Waals surface area (Å²) < 4.78 is 13.5. The zero-order valence-corrected chi connectivity index (χ0v) is 11.2. The molecule has 106 valence electrons. The molecule has 2 amide bonds. The largest absolute Gasteiger partial charge is 0.326 e. The van der Waals surface area contributed by atoms with Crippen molar-refractivity contribution in [1.82, 2.24) is 0 Å². The third kappa shape index (κ3) is 2.91. The third-order valence-electron chi connectivity index (χ3n) is 3.32. The van der Waals surface area contributed by atoms with Crippen molar-refractivity contribution >= 4 is 23.2 Å². The van der Waals surface area contributed by atoms with Crippen molar-refractivity contribution in [2.75, 3.05) is 10.6 Å². The van der Waals surface area contributed by atoms with E-state index in [9.17, 15) is 14.0 Å². The highest BCUT2D eigenvalue weighted by Gasteiger charge is 2.18. The van der Waals surface area contributed by atoms with Crippen LogP contribution in [-0.4, -0.2) is 11.8 Å². The Morgan fingerprint density at radius 1 is 1.24 bits per heavy atom. The molecule has 0 radical (unpaired) electrons. The lowest BCUT2D eigenvalue weighted by Gasteiger charge is -2.07. The predicted octanol–water partition coefficient (Wildman–Crippen LogP) is 2.50. The predicted molar refractivity (Wildman–Crippen MR) is 77.5 cm³/mol. The Labute approximate surface area is 121 Å². The van der Waals surface area contributed by atoms with Gasteiger partial charge < -0.3 is 10.6 Å². The Hall–Kier alpha value is -2.69. The fourth-order valence-corrected chi connectivity index (χ4v) is 2.33. The van der Waals surface area contributed by atoms with Gasteiger partial charge in [-0.3, -0.25) is 9.59 Å². The lowest BCUT2D eigenvalue weighted by Crippen LogP contribution is -2.15. The quantitative estimate of drug-likeness (QED) is 0.909. The molecule has 0 saturated heterocycles. The van der Waals surface area contributed by atoms with Gasteiger partial charge in [-0.1, -0.05) is 18.2 Å². The van der Waals surface area contributed by atoms with Crippen molar-refractivity contribution < 1.29 is 14.0 Å². The van der Waals surface area contributed by atoms with Crippen LogP contribution >= 0.6 is 0 Å². The first-order valence-corrected chi connectivity index (χ1v) is 6.58. The van der Waals surface area contributed by atoms with Gasteiger partial charge in [0.25, 0.3) is 0 Å². The van der Waals surface area contributed by atoms with Gasteiger partial charge in [-0.05, 0) is 35.4 Å². The maximum absolute atomic E-state index is 13.5. The molecule has 0 atom stereocenters. The molecule has 0 saturated carbocycles. The molecule has 1 aliphatic heterocycles. The van der Waals surface area contributed by atoms with Gasteiger partial charge in [0.1, 0.15) is 5.82 Å². The molecule has 0 fully saturated rings. The van der Waals surface area contributed by atoms with E-state index >= 15 is 0 Å². The number of hydrogen-bond acceptors (Lipinski definition) is 2. The zero-order chi connectivity index (χ0) is 14.8. The smallest absolute Gasteiger partial charge is 0.228 e. The maximum Gasteiger partial charge on any atom is 0.228 e. The lowest BCUT2D eigenvalue weighted by molar-refractivity contribution is -0.116. The number of fused-ring (bicyclic) bond motifs is 1. The molecule has 21 heavy (non-hydrogen) atoms. The van der Waals surface area contributed by atoms with E-state index in [1.807, 2.05) is 0 Å². The first kappa shape index (κ1) is 13.3. The summed E-state index contributed by atoms with van der Waals surface area (Å²) in [5, 5.41) is 5.44. The Kier molecular flexibility index (Phi) is 3.39. The van der Waals surface area contributed by atoms with Crippen LogP contribution in [0.4, 0.5) is 15.8 Å². The highest BCUT2D eigenvalue weighted by molar-refractivity contribution is 6.00. The van der Waals surface area contributed by atoms with E-state index in [4.69, 9.17) is 0 Å². The number of amides is 2. The van der Waals surface area contributed by atoms with Gasteiger partial charge in [-0.15, -0.1) is 0 Å². The van der Waals surface area contributed by atoms with Gasteiger partial charge in [0, 0.05) is 11.4 Å². The van der Waals surface area contributed by atoms with Gasteiger partial charge >= 0.3 is 0 Å². The van der Waals surface area contributed by atoms with Gasteiger partial charge in [0.05, 0.1) is 12.8 Å². The first-order valence-electron chi connectivity index (χ1n) is 6.58. The normalized spacial score (nSPS) is 12.7. The van der Waals surface area contributed by atoms with Crippen molar-refractivity contribution in [3.63, 3.8) is 0 Å². The summed E-state index contributed by atoms with van der Waals surface area (Å²) in [6.07, 6.45) is 0.285. The second-order valence-electron chi connectivity index (χ2n) is 4.91. The average molecular weight is 284 g/mol. The summed E-state index contributed by atoms with van der Waals surface area (Å²) >= 11 is 0. The fraction of sp³-hybridized carbons (Fsp3) is 0.125. The topological polar surface area (TPSA) is 58.2 Å². The number of anilines is 2. The molecule has 4 nitrogen and oxygen atoms in total. The average Bonchev–Trinajstić information content (AvgIpc) is 2.80. The second kappa shape index (κ2) is 5.36. The number of carbonyl (C=O) groups is 2. The molecule has 0 aromatic heterocycles. The van der Waals surface area contributed by atoms with Crippen LogP contribution in [0.2, 0.25) is 0 Å². The number of halogens is 1. The molecular formula is C16H13FN2O2. The lowest BCUT2D eigenvalue weighted by atomic mass is 10.1. The van der Waals surface area contributed by atoms with Gasteiger partial charge in [0.2, 0.25) is 11.8 Å².